The maximum atomic E-state index is 12.5. The topological polar surface area (TPSA) is 68.5 Å². The highest BCUT2D eigenvalue weighted by Crippen LogP contribution is 2.34. The van der Waals surface area contributed by atoms with Gasteiger partial charge in [0.25, 0.3) is 0 Å². The Kier molecular flexibility index (Phi) is 3.37. The lowest BCUT2D eigenvalue weighted by atomic mass is 10.1. The van der Waals surface area contributed by atoms with Gasteiger partial charge in [-0.05, 0) is 31.5 Å². The van der Waals surface area contributed by atoms with Gasteiger partial charge in [0.05, 0.1) is 12.2 Å². The number of rotatable bonds is 2. The van der Waals surface area contributed by atoms with E-state index in [0.29, 0.717) is 18.3 Å². The normalized spacial score (nSPS) is 17.3. The molecule has 0 radical (unpaired) electrons. The van der Waals surface area contributed by atoms with Gasteiger partial charge in [-0.15, -0.1) is 10.2 Å². The van der Waals surface area contributed by atoms with Gasteiger partial charge < -0.3 is 14.1 Å². The first-order chi connectivity index (χ1) is 10.0. The van der Waals surface area contributed by atoms with Crippen LogP contribution in [0.2, 0.25) is 0 Å². The summed E-state index contributed by atoms with van der Waals surface area (Å²) in [6.45, 7) is 6.15. The summed E-state index contributed by atoms with van der Waals surface area (Å²) in [5.41, 5.74) is 1.88. The molecule has 6 nitrogen and oxygen atoms in total. The largest absolute Gasteiger partial charge is 0.487 e. The van der Waals surface area contributed by atoms with Crippen molar-refractivity contribution >= 4 is 11.6 Å². The minimum absolute atomic E-state index is 0.0476. The van der Waals surface area contributed by atoms with Crippen molar-refractivity contribution < 1.29 is 13.9 Å². The third-order valence-corrected chi connectivity index (χ3v) is 3.34. The second kappa shape index (κ2) is 5.20. The van der Waals surface area contributed by atoms with Gasteiger partial charge in [-0.2, -0.15) is 0 Å². The van der Waals surface area contributed by atoms with Crippen LogP contribution in [0, 0.1) is 13.8 Å². The molecule has 0 aliphatic carbocycles. The summed E-state index contributed by atoms with van der Waals surface area (Å²) in [5.74, 6) is 1.46. The van der Waals surface area contributed by atoms with E-state index in [1.54, 1.807) is 11.8 Å². The number of ether oxygens (including phenoxy) is 1. The molecule has 21 heavy (non-hydrogen) atoms. The number of aromatic nitrogens is 2. The summed E-state index contributed by atoms with van der Waals surface area (Å²) in [5, 5.41) is 7.62. The van der Waals surface area contributed by atoms with Crippen LogP contribution in [0.3, 0.4) is 0 Å². The number of carbonyl (C=O) groups excluding carboxylic acids is 1. The SMILES string of the molecule is Cc1ccc2c(c1)N(C(=O)Cc1nnc(C)o1)CC(C)O2. The third-order valence-electron chi connectivity index (χ3n) is 3.34. The number of amides is 1. The number of fused-ring (bicyclic) bond motifs is 1. The number of aryl methyl sites for hydroxylation is 2. The lowest BCUT2D eigenvalue weighted by molar-refractivity contribution is -0.118. The molecule has 0 N–H and O–H groups in total. The zero-order chi connectivity index (χ0) is 15.0. The molecule has 1 unspecified atom stereocenters. The van der Waals surface area contributed by atoms with Crippen molar-refractivity contribution in [3.8, 4) is 5.75 Å². The molecule has 0 bridgehead atoms. The minimum Gasteiger partial charge on any atom is -0.487 e. The van der Waals surface area contributed by atoms with Gasteiger partial charge in [0.2, 0.25) is 17.7 Å². The fraction of sp³-hybridized carbons (Fsp3) is 0.400. The maximum absolute atomic E-state index is 12.5. The van der Waals surface area contributed by atoms with Crippen molar-refractivity contribution in [2.24, 2.45) is 0 Å². The zero-order valence-corrected chi connectivity index (χ0v) is 12.3. The second-order valence-electron chi connectivity index (χ2n) is 5.30. The monoisotopic (exact) mass is 287 g/mol. The summed E-state index contributed by atoms with van der Waals surface area (Å²) in [6.07, 6.45) is 0.0505. The number of benzene rings is 1. The Morgan fingerprint density at radius 2 is 2.19 bits per heavy atom. The molecule has 1 aliphatic heterocycles. The predicted octanol–water partition coefficient (Wildman–Crippen LogP) is 2.04. The van der Waals surface area contributed by atoms with Crippen molar-refractivity contribution in [1.82, 2.24) is 10.2 Å². The molecule has 0 saturated heterocycles. The Bertz CT molecular complexity index is 681. The highest BCUT2D eigenvalue weighted by atomic mass is 16.5. The van der Waals surface area contributed by atoms with Gasteiger partial charge in [-0.1, -0.05) is 6.07 Å². The standard InChI is InChI=1S/C15H17N3O3/c1-9-4-5-13-12(6-9)18(8-10(2)20-13)15(19)7-14-17-16-11(3)21-14/h4-6,10H,7-8H2,1-3H3. The first-order valence-corrected chi connectivity index (χ1v) is 6.89. The Hall–Kier alpha value is -2.37. The fourth-order valence-electron chi connectivity index (χ4n) is 2.42. The third kappa shape index (κ3) is 2.74. The van der Waals surface area contributed by atoms with Crippen LogP contribution in [0.4, 0.5) is 5.69 Å². The molecule has 110 valence electrons. The number of anilines is 1. The quantitative estimate of drug-likeness (QED) is 0.845. The predicted molar refractivity (Wildman–Crippen MR) is 76.4 cm³/mol. The molecule has 1 aromatic heterocycles. The van der Waals surface area contributed by atoms with E-state index in [1.807, 2.05) is 32.0 Å². The van der Waals surface area contributed by atoms with Crippen molar-refractivity contribution in [2.45, 2.75) is 33.3 Å². The summed E-state index contributed by atoms with van der Waals surface area (Å²) < 4.78 is 11.1. The molecule has 1 amide bonds. The van der Waals surface area contributed by atoms with Crippen LogP contribution in [-0.4, -0.2) is 28.8 Å². The van der Waals surface area contributed by atoms with Gasteiger partial charge in [-0.3, -0.25) is 4.79 Å². The molecular formula is C15H17N3O3. The molecule has 1 aliphatic rings. The Balaban J connectivity index is 1.88. The van der Waals surface area contributed by atoms with Gasteiger partial charge in [0, 0.05) is 6.92 Å². The molecular weight excluding hydrogens is 270 g/mol. The number of carbonyl (C=O) groups is 1. The first-order valence-electron chi connectivity index (χ1n) is 6.89. The Morgan fingerprint density at radius 1 is 1.38 bits per heavy atom. The van der Waals surface area contributed by atoms with E-state index >= 15 is 0 Å². The van der Waals surface area contributed by atoms with E-state index in [4.69, 9.17) is 9.15 Å². The minimum atomic E-state index is -0.0688. The fourth-order valence-corrected chi connectivity index (χ4v) is 2.42. The van der Waals surface area contributed by atoms with Crippen molar-refractivity contribution in [3.05, 3.63) is 35.5 Å². The van der Waals surface area contributed by atoms with Gasteiger partial charge in [0.15, 0.2) is 0 Å². The van der Waals surface area contributed by atoms with Crippen LogP contribution in [0.5, 0.6) is 5.75 Å². The first kappa shape index (κ1) is 13.6. The van der Waals surface area contributed by atoms with Crippen LogP contribution in [-0.2, 0) is 11.2 Å². The molecule has 3 rings (SSSR count). The zero-order valence-electron chi connectivity index (χ0n) is 12.3. The number of hydrogen-bond acceptors (Lipinski definition) is 5. The summed E-state index contributed by atoms with van der Waals surface area (Å²) in [6, 6.07) is 5.83. The van der Waals surface area contributed by atoms with E-state index in [1.165, 1.54) is 0 Å². The van der Waals surface area contributed by atoms with Crippen LogP contribution in [0.1, 0.15) is 24.3 Å². The van der Waals surface area contributed by atoms with Crippen molar-refractivity contribution in [3.63, 3.8) is 0 Å². The number of hydrogen-bond donors (Lipinski definition) is 0. The molecule has 6 heteroatoms. The van der Waals surface area contributed by atoms with E-state index in [-0.39, 0.29) is 18.4 Å². The molecule has 0 fully saturated rings. The van der Waals surface area contributed by atoms with Gasteiger partial charge in [-0.25, -0.2) is 0 Å². The smallest absolute Gasteiger partial charge is 0.236 e. The summed E-state index contributed by atoms with van der Waals surface area (Å²) in [7, 11) is 0. The molecule has 2 heterocycles. The van der Waals surface area contributed by atoms with Crippen molar-refractivity contribution in [2.75, 3.05) is 11.4 Å². The highest BCUT2D eigenvalue weighted by molar-refractivity contribution is 5.96. The van der Waals surface area contributed by atoms with Crippen molar-refractivity contribution in [1.29, 1.82) is 0 Å². The summed E-state index contributed by atoms with van der Waals surface area (Å²) in [4.78, 5) is 14.3. The molecule has 1 aromatic carbocycles. The van der Waals surface area contributed by atoms with Crippen LogP contribution >= 0.6 is 0 Å². The van der Waals surface area contributed by atoms with E-state index in [0.717, 1.165) is 17.0 Å². The molecule has 0 saturated carbocycles. The average molecular weight is 287 g/mol. The van der Waals surface area contributed by atoms with Crippen LogP contribution in [0.15, 0.2) is 22.6 Å². The lowest BCUT2D eigenvalue weighted by Gasteiger charge is -2.33. The lowest BCUT2D eigenvalue weighted by Crippen LogP contribution is -2.43. The van der Waals surface area contributed by atoms with E-state index in [9.17, 15) is 4.79 Å². The van der Waals surface area contributed by atoms with Crippen LogP contribution < -0.4 is 9.64 Å². The van der Waals surface area contributed by atoms with Gasteiger partial charge >= 0.3 is 0 Å². The molecule has 0 spiro atoms. The highest BCUT2D eigenvalue weighted by Gasteiger charge is 2.28. The molecule has 2 aromatic rings. The van der Waals surface area contributed by atoms with E-state index < -0.39 is 0 Å². The van der Waals surface area contributed by atoms with E-state index in [2.05, 4.69) is 10.2 Å². The Morgan fingerprint density at radius 3 is 2.90 bits per heavy atom. The Labute approximate surface area is 122 Å². The average Bonchev–Trinajstić information content (AvgIpc) is 2.83. The summed E-state index contributed by atoms with van der Waals surface area (Å²) >= 11 is 0. The number of nitrogens with zero attached hydrogens (tertiary/aromatic N) is 3. The van der Waals surface area contributed by atoms with Gasteiger partial charge in [0.1, 0.15) is 18.3 Å². The second-order valence-corrected chi connectivity index (χ2v) is 5.30. The molecule has 1 atom stereocenters. The van der Waals surface area contributed by atoms with Crippen LogP contribution in [0.25, 0.3) is 0 Å². The maximum Gasteiger partial charge on any atom is 0.236 e.